The number of sulfone groups is 1. The SMILES string of the molecule is CC1CCN(CCCNC(=O)c2ccc(NC3=N[C@H]4CS(=O)(=O)C[C@@H]4S3)cc2)CC1. The number of aliphatic imine (C=N–C) groups is 1. The van der Waals surface area contributed by atoms with Gasteiger partial charge in [-0.1, -0.05) is 18.7 Å². The molecule has 1 aromatic carbocycles. The van der Waals surface area contributed by atoms with Crippen molar-refractivity contribution in [2.75, 3.05) is 43.0 Å². The first-order valence-electron chi connectivity index (χ1n) is 10.7. The number of likely N-dealkylation sites (tertiary alicyclic amines) is 1. The van der Waals surface area contributed by atoms with Gasteiger partial charge < -0.3 is 15.5 Å². The molecule has 0 aliphatic carbocycles. The Balaban J connectivity index is 1.19. The van der Waals surface area contributed by atoms with Crippen LogP contribution < -0.4 is 10.6 Å². The molecule has 0 spiro atoms. The van der Waals surface area contributed by atoms with E-state index in [1.807, 2.05) is 12.1 Å². The first-order valence-corrected chi connectivity index (χ1v) is 13.4. The summed E-state index contributed by atoms with van der Waals surface area (Å²) in [5, 5.41) is 7.02. The quantitative estimate of drug-likeness (QED) is 0.646. The second kappa shape index (κ2) is 9.28. The number of carbonyl (C=O) groups excluding carboxylic acids is 1. The van der Waals surface area contributed by atoms with Crippen LogP contribution in [0.1, 0.15) is 36.5 Å². The summed E-state index contributed by atoms with van der Waals surface area (Å²) in [4.78, 5) is 19.3. The number of anilines is 1. The van der Waals surface area contributed by atoms with E-state index >= 15 is 0 Å². The lowest BCUT2D eigenvalue weighted by Crippen LogP contribution is -2.35. The van der Waals surface area contributed by atoms with Crippen LogP contribution in [0.5, 0.6) is 0 Å². The van der Waals surface area contributed by atoms with Crippen LogP contribution in [0, 0.1) is 5.92 Å². The molecule has 0 radical (unpaired) electrons. The molecule has 30 heavy (non-hydrogen) atoms. The molecule has 2 saturated heterocycles. The minimum atomic E-state index is -2.94. The number of carbonyl (C=O) groups is 1. The summed E-state index contributed by atoms with van der Waals surface area (Å²) in [7, 11) is -2.94. The maximum absolute atomic E-state index is 12.4. The van der Waals surface area contributed by atoms with E-state index in [9.17, 15) is 13.2 Å². The molecule has 3 aliphatic heterocycles. The van der Waals surface area contributed by atoms with Crippen molar-refractivity contribution in [2.45, 2.75) is 37.5 Å². The summed E-state index contributed by atoms with van der Waals surface area (Å²) in [6, 6.07) is 7.18. The Hall–Kier alpha value is -1.58. The average Bonchev–Trinajstić information content (AvgIpc) is 3.19. The van der Waals surface area contributed by atoms with E-state index in [1.165, 1.54) is 37.7 Å². The molecular formula is C21H30N4O3S2. The lowest BCUT2D eigenvalue weighted by molar-refractivity contribution is 0.0950. The highest BCUT2D eigenvalue weighted by Crippen LogP contribution is 2.34. The number of nitrogens with one attached hydrogen (secondary N) is 2. The van der Waals surface area contributed by atoms with Gasteiger partial charge in [-0.15, -0.1) is 0 Å². The van der Waals surface area contributed by atoms with Crippen LogP contribution in [-0.4, -0.2) is 73.4 Å². The Morgan fingerprint density at radius 3 is 2.63 bits per heavy atom. The molecule has 1 aromatic rings. The molecule has 164 valence electrons. The zero-order valence-electron chi connectivity index (χ0n) is 17.3. The van der Waals surface area contributed by atoms with Crippen LogP contribution in [0.25, 0.3) is 0 Å². The second-order valence-corrected chi connectivity index (χ2v) is 12.0. The number of hydrogen-bond acceptors (Lipinski definition) is 7. The smallest absolute Gasteiger partial charge is 0.251 e. The van der Waals surface area contributed by atoms with Crippen molar-refractivity contribution in [3.05, 3.63) is 29.8 Å². The van der Waals surface area contributed by atoms with Crippen molar-refractivity contribution >= 4 is 38.4 Å². The highest BCUT2D eigenvalue weighted by atomic mass is 32.2. The zero-order chi connectivity index (χ0) is 21.1. The predicted molar refractivity (Wildman–Crippen MR) is 123 cm³/mol. The van der Waals surface area contributed by atoms with Gasteiger partial charge in [-0.2, -0.15) is 0 Å². The van der Waals surface area contributed by atoms with Crippen molar-refractivity contribution in [3.8, 4) is 0 Å². The molecule has 0 saturated carbocycles. The number of amides is 1. The topological polar surface area (TPSA) is 90.9 Å². The van der Waals surface area contributed by atoms with Gasteiger partial charge in [0.05, 0.1) is 17.5 Å². The van der Waals surface area contributed by atoms with Gasteiger partial charge in [0.15, 0.2) is 15.0 Å². The standard InChI is InChI=1S/C21H30N4O3S2/c1-15-7-11-25(12-8-15)10-2-9-22-20(26)16-3-5-17(6-4-16)23-21-24-18-13-30(27,28)14-19(18)29-21/h3-6,15,18-19H,2,7-14H2,1H3,(H,22,26)(H,23,24)/t18-,19-/m0/s1. The number of nitrogens with zero attached hydrogens (tertiary/aromatic N) is 2. The van der Waals surface area contributed by atoms with Gasteiger partial charge in [-0.05, 0) is 69.1 Å². The Morgan fingerprint density at radius 2 is 1.93 bits per heavy atom. The van der Waals surface area contributed by atoms with Crippen LogP contribution in [-0.2, 0) is 9.84 Å². The molecule has 0 unspecified atom stereocenters. The second-order valence-electron chi connectivity index (χ2n) is 8.57. The van der Waals surface area contributed by atoms with Gasteiger partial charge >= 0.3 is 0 Å². The Bertz CT molecular complexity index is 893. The van der Waals surface area contributed by atoms with E-state index < -0.39 is 9.84 Å². The third kappa shape index (κ3) is 5.56. The third-order valence-electron chi connectivity index (χ3n) is 6.03. The molecule has 9 heteroatoms. The fourth-order valence-electron chi connectivity index (χ4n) is 4.14. The van der Waals surface area contributed by atoms with E-state index in [1.54, 1.807) is 12.1 Å². The number of thioether (sulfide) groups is 1. The minimum Gasteiger partial charge on any atom is -0.352 e. The number of hydrogen-bond donors (Lipinski definition) is 2. The third-order valence-corrected chi connectivity index (χ3v) is 9.17. The normalized spacial score (nSPS) is 26.2. The van der Waals surface area contributed by atoms with Crippen molar-refractivity contribution in [1.29, 1.82) is 0 Å². The van der Waals surface area contributed by atoms with Crippen molar-refractivity contribution < 1.29 is 13.2 Å². The van der Waals surface area contributed by atoms with E-state index in [4.69, 9.17) is 0 Å². The summed E-state index contributed by atoms with van der Waals surface area (Å²) in [6.45, 7) is 6.38. The van der Waals surface area contributed by atoms with Gasteiger partial charge in [0, 0.05) is 23.0 Å². The van der Waals surface area contributed by atoms with Crippen molar-refractivity contribution in [1.82, 2.24) is 10.2 Å². The van der Waals surface area contributed by atoms with Crippen LogP contribution in [0.2, 0.25) is 0 Å². The molecule has 2 atom stereocenters. The molecule has 2 fully saturated rings. The number of fused-ring (bicyclic) bond motifs is 1. The zero-order valence-corrected chi connectivity index (χ0v) is 19.0. The fourth-order valence-corrected chi connectivity index (χ4v) is 7.81. The monoisotopic (exact) mass is 450 g/mol. The highest BCUT2D eigenvalue weighted by Gasteiger charge is 2.42. The maximum atomic E-state index is 12.4. The maximum Gasteiger partial charge on any atom is 0.251 e. The molecular weight excluding hydrogens is 420 g/mol. The first kappa shape index (κ1) is 21.6. The van der Waals surface area contributed by atoms with Crippen molar-refractivity contribution in [2.24, 2.45) is 10.9 Å². The molecule has 2 N–H and O–H groups in total. The van der Waals surface area contributed by atoms with Gasteiger partial charge in [0.2, 0.25) is 0 Å². The molecule has 7 nitrogen and oxygen atoms in total. The fraction of sp³-hybridized carbons (Fsp3) is 0.619. The average molecular weight is 451 g/mol. The van der Waals surface area contributed by atoms with Crippen LogP contribution >= 0.6 is 11.8 Å². The van der Waals surface area contributed by atoms with E-state index in [0.29, 0.717) is 12.1 Å². The van der Waals surface area contributed by atoms with E-state index in [-0.39, 0.29) is 28.7 Å². The number of rotatable bonds is 6. The lowest BCUT2D eigenvalue weighted by atomic mass is 9.99. The predicted octanol–water partition coefficient (Wildman–Crippen LogP) is 2.22. The number of piperidine rings is 1. The van der Waals surface area contributed by atoms with E-state index in [0.717, 1.165) is 29.7 Å². The lowest BCUT2D eigenvalue weighted by Gasteiger charge is -2.30. The minimum absolute atomic E-state index is 0.0240. The summed E-state index contributed by atoms with van der Waals surface area (Å²) in [5.41, 5.74) is 1.48. The molecule has 0 bridgehead atoms. The van der Waals surface area contributed by atoms with E-state index in [2.05, 4.69) is 27.4 Å². The summed E-state index contributed by atoms with van der Waals surface area (Å²) < 4.78 is 23.3. The van der Waals surface area contributed by atoms with Gasteiger partial charge in [0.25, 0.3) is 5.91 Å². The van der Waals surface area contributed by atoms with Gasteiger partial charge in [-0.3, -0.25) is 9.79 Å². The summed E-state index contributed by atoms with van der Waals surface area (Å²) in [6.07, 6.45) is 3.52. The summed E-state index contributed by atoms with van der Waals surface area (Å²) in [5.74, 6) is 1.13. The largest absolute Gasteiger partial charge is 0.352 e. The summed E-state index contributed by atoms with van der Waals surface area (Å²) >= 11 is 1.49. The number of benzene rings is 1. The molecule has 4 rings (SSSR count). The van der Waals surface area contributed by atoms with Gasteiger partial charge in [-0.25, -0.2) is 8.42 Å². The highest BCUT2D eigenvalue weighted by molar-refractivity contribution is 8.15. The Labute approximate surface area is 183 Å². The Morgan fingerprint density at radius 1 is 1.20 bits per heavy atom. The number of amidine groups is 1. The Kier molecular flexibility index (Phi) is 6.69. The molecule has 3 heterocycles. The first-order chi connectivity index (χ1) is 14.4. The van der Waals surface area contributed by atoms with Crippen LogP contribution in [0.3, 0.4) is 0 Å². The molecule has 0 aromatic heterocycles. The van der Waals surface area contributed by atoms with Crippen LogP contribution in [0.4, 0.5) is 5.69 Å². The molecule has 1 amide bonds. The molecule has 3 aliphatic rings. The van der Waals surface area contributed by atoms with Crippen molar-refractivity contribution in [3.63, 3.8) is 0 Å². The van der Waals surface area contributed by atoms with Gasteiger partial charge in [0.1, 0.15) is 0 Å². The van der Waals surface area contributed by atoms with Crippen LogP contribution in [0.15, 0.2) is 29.3 Å².